The van der Waals surface area contributed by atoms with Crippen LogP contribution in [-0.4, -0.2) is 82.6 Å². The maximum atomic E-state index is 12.5. The van der Waals surface area contributed by atoms with Crippen molar-refractivity contribution in [3.63, 3.8) is 0 Å². The van der Waals surface area contributed by atoms with Crippen LogP contribution in [0, 0.1) is 11.8 Å². The minimum absolute atomic E-state index is 0.159. The summed E-state index contributed by atoms with van der Waals surface area (Å²) in [5.74, 6) is 5.59. The molecule has 0 radical (unpaired) electrons. The minimum Gasteiger partial charge on any atom is -0.383 e. The zero-order valence-corrected chi connectivity index (χ0v) is 21.9. The molecule has 11 nitrogen and oxygen atoms in total. The SMILES string of the molecule is C=CC(=O)N1CC(n2nc(C#Cc3cc4ncn(C5COC5)c4cc3Cl)c(C(N)=O)c2NC)C[C@@H]1COC. The van der Waals surface area contributed by atoms with E-state index >= 15 is 0 Å². The first-order valence-electron chi connectivity index (χ1n) is 12.1. The Bertz CT molecular complexity index is 1480. The maximum Gasteiger partial charge on any atom is 0.255 e. The highest BCUT2D eigenvalue weighted by Gasteiger charge is 2.37. The summed E-state index contributed by atoms with van der Waals surface area (Å²) in [5.41, 5.74) is 8.34. The molecule has 0 spiro atoms. The van der Waals surface area contributed by atoms with Crippen molar-refractivity contribution >= 4 is 40.3 Å². The Morgan fingerprint density at radius 2 is 2.13 bits per heavy atom. The number of anilines is 1. The molecule has 2 aliphatic rings. The van der Waals surface area contributed by atoms with Gasteiger partial charge in [0.15, 0.2) is 5.69 Å². The molecule has 2 aromatic heterocycles. The van der Waals surface area contributed by atoms with Crippen molar-refractivity contribution in [3.05, 3.63) is 53.0 Å². The molecule has 3 aromatic rings. The molecule has 5 rings (SSSR count). The van der Waals surface area contributed by atoms with Crippen LogP contribution in [0.1, 0.15) is 40.1 Å². The first-order chi connectivity index (χ1) is 18.4. The van der Waals surface area contributed by atoms with Gasteiger partial charge in [-0.1, -0.05) is 24.1 Å². The van der Waals surface area contributed by atoms with Crippen molar-refractivity contribution < 1.29 is 19.1 Å². The van der Waals surface area contributed by atoms with E-state index in [0.717, 1.165) is 11.0 Å². The van der Waals surface area contributed by atoms with Crippen LogP contribution in [0.5, 0.6) is 0 Å². The number of rotatable bonds is 7. The number of nitrogens with zero attached hydrogens (tertiary/aromatic N) is 5. The highest BCUT2D eigenvalue weighted by Crippen LogP contribution is 2.33. The summed E-state index contributed by atoms with van der Waals surface area (Å²) in [6, 6.07) is 3.50. The average molecular weight is 538 g/mol. The van der Waals surface area contributed by atoms with Gasteiger partial charge in [-0.2, -0.15) is 5.10 Å². The van der Waals surface area contributed by atoms with E-state index in [1.807, 2.05) is 16.7 Å². The fraction of sp³-hybridized carbons (Fsp3) is 0.385. The first-order valence-corrected chi connectivity index (χ1v) is 12.5. The number of hydrogen-bond acceptors (Lipinski definition) is 7. The quantitative estimate of drug-likeness (QED) is 0.348. The number of benzene rings is 1. The number of fused-ring (bicyclic) bond motifs is 1. The Kier molecular flexibility index (Phi) is 7.12. The molecule has 2 fully saturated rings. The summed E-state index contributed by atoms with van der Waals surface area (Å²) in [7, 11) is 3.27. The molecular weight excluding hydrogens is 510 g/mol. The van der Waals surface area contributed by atoms with E-state index in [1.54, 1.807) is 30.1 Å². The number of hydrogen-bond donors (Lipinski definition) is 2. The predicted molar refractivity (Wildman–Crippen MR) is 142 cm³/mol. The van der Waals surface area contributed by atoms with E-state index < -0.39 is 5.91 Å². The van der Waals surface area contributed by atoms with E-state index in [2.05, 4.69) is 33.8 Å². The number of likely N-dealkylation sites (tertiary alicyclic amines) is 1. The van der Waals surface area contributed by atoms with Crippen molar-refractivity contribution in [1.29, 1.82) is 0 Å². The molecule has 1 unspecified atom stereocenters. The molecule has 38 heavy (non-hydrogen) atoms. The van der Waals surface area contributed by atoms with Crippen LogP contribution in [0.3, 0.4) is 0 Å². The molecule has 12 heteroatoms. The van der Waals surface area contributed by atoms with E-state index in [-0.39, 0.29) is 35.3 Å². The number of ether oxygens (including phenoxy) is 2. The van der Waals surface area contributed by atoms with Crippen LogP contribution >= 0.6 is 11.6 Å². The lowest BCUT2D eigenvalue weighted by Crippen LogP contribution is -2.37. The third kappa shape index (κ3) is 4.51. The number of imidazole rings is 1. The maximum absolute atomic E-state index is 12.5. The van der Waals surface area contributed by atoms with Crippen molar-refractivity contribution in [3.8, 4) is 11.8 Å². The van der Waals surface area contributed by atoms with Crippen LogP contribution in [0.4, 0.5) is 5.82 Å². The van der Waals surface area contributed by atoms with Gasteiger partial charge in [-0.25, -0.2) is 9.67 Å². The molecule has 2 amide bonds. The zero-order chi connectivity index (χ0) is 27.0. The number of methoxy groups -OCH3 is 1. The van der Waals surface area contributed by atoms with Crippen LogP contribution in [0.15, 0.2) is 31.1 Å². The topological polar surface area (TPSA) is 130 Å². The van der Waals surface area contributed by atoms with Gasteiger partial charge in [0.05, 0.1) is 60.3 Å². The number of nitrogens with two attached hydrogens (primary N) is 1. The Morgan fingerprint density at radius 1 is 1.34 bits per heavy atom. The highest BCUT2D eigenvalue weighted by molar-refractivity contribution is 6.32. The van der Waals surface area contributed by atoms with Gasteiger partial charge in [-0.3, -0.25) is 9.59 Å². The monoisotopic (exact) mass is 537 g/mol. The number of aromatic nitrogens is 4. The molecule has 0 saturated carbocycles. The minimum atomic E-state index is -0.668. The number of amides is 2. The summed E-state index contributed by atoms with van der Waals surface area (Å²) in [5, 5.41) is 8.14. The molecule has 0 bridgehead atoms. The van der Waals surface area contributed by atoms with Crippen molar-refractivity contribution in [2.24, 2.45) is 5.73 Å². The number of carbonyl (C=O) groups excluding carboxylic acids is 2. The molecule has 3 N–H and O–H groups in total. The van der Waals surface area contributed by atoms with Gasteiger partial charge in [0.25, 0.3) is 5.91 Å². The van der Waals surface area contributed by atoms with E-state index in [0.29, 0.717) is 49.2 Å². The summed E-state index contributed by atoms with van der Waals surface area (Å²) in [4.78, 5) is 31.1. The van der Waals surface area contributed by atoms with Gasteiger partial charge in [0.1, 0.15) is 11.4 Å². The summed E-state index contributed by atoms with van der Waals surface area (Å²) >= 11 is 6.58. The second-order valence-corrected chi connectivity index (χ2v) is 9.65. The summed E-state index contributed by atoms with van der Waals surface area (Å²) < 4.78 is 14.3. The number of primary amides is 1. The summed E-state index contributed by atoms with van der Waals surface area (Å²) in [6.45, 7) is 5.63. The molecule has 2 atom stereocenters. The van der Waals surface area contributed by atoms with E-state index in [4.69, 9.17) is 26.8 Å². The van der Waals surface area contributed by atoms with Crippen LogP contribution < -0.4 is 11.1 Å². The van der Waals surface area contributed by atoms with Gasteiger partial charge in [-0.15, -0.1) is 0 Å². The van der Waals surface area contributed by atoms with Crippen LogP contribution in [-0.2, 0) is 14.3 Å². The van der Waals surface area contributed by atoms with Gasteiger partial charge in [-0.05, 0) is 30.6 Å². The molecule has 4 heterocycles. The average Bonchev–Trinajstić information content (AvgIpc) is 3.56. The van der Waals surface area contributed by atoms with Gasteiger partial charge in [0, 0.05) is 26.3 Å². The van der Waals surface area contributed by atoms with E-state index in [1.165, 1.54) is 6.08 Å². The lowest BCUT2D eigenvalue weighted by Gasteiger charge is -2.27. The fourth-order valence-corrected chi connectivity index (χ4v) is 5.22. The third-order valence-corrected chi connectivity index (χ3v) is 7.25. The van der Waals surface area contributed by atoms with Crippen molar-refractivity contribution in [2.45, 2.75) is 24.5 Å². The Balaban J connectivity index is 1.51. The number of carbonyl (C=O) groups is 2. The molecule has 2 aliphatic heterocycles. The van der Waals surface area contributed by atoms with Gasteiger partial charge in [0.2, 0.25) is 5.91 Å². The number of halogens is 1. The lowest BCUT2D eigenvalue weighted by atomic mass is 10.1. The largest absolute Gasteiger partial charge is 0.383 e. The van der Waals surface area contributed by atoms with Crippen LogP contribution in [0.25, 0.3) is 11.0 Å². The predicted octanol–water partition coefficient (Wildman–Crippen LogP) is 1.97. The standard InChI is InChI=1S/C26H28ClN7O4/c1-4-23(35)32-10-16(8-17(32)11-37-3)34-26(29-2)24(25(28)36)20(31-34)6-5-15-7-21-22(9-19(15)27)33(14-30-21)18-12-38-13-18/h4,7,9,14,16-18,29H,1,8,10-13H2,2-3H3,(H2,28,36)/t16?,17-/m1/s1. The van der Waals surface area contributed by atoms with Crippen molar-refractivity contribution in [2.75, 3.05) is 45.8 Å². The second-order valence-electron chi connectivity index (χ2n) is 9.24. The van der Waals surface area contributed by atoms with Crippen molar-refractivity contribution in [1.82, 2.24) is 24.2 Å². The Labute approximate surface area is 224 Å². The highest BCUT2D eigenvalue weighted by atomic mass is 35.5. The molecule has 1 aromatic carbocycles. The second kappa shape index (κ2) is 10.5. The first kappa shape index (κ1) is 25.8. The number of nitrogens with one attached hydrogen (secondary N) is 1. The fourth-order valence-electron chi connectivity index (χ4n) is 5.01. The molecule has 2 saturated heterocycles. The zero-order valence-electron chi connectivity index (χ0n) is 21.1. The smallest absolute Gasteiger partial charge is 0.255 e. The normalized spacial score (nSPS) is 19.2. The lowest BCUT2D eigenvalue weighted by molar-refractivity contribution is -0.127. The van der Waals surface area contributed by atoms with Crippen LogP contribution in [0.2, 0.25) is 5.02 Å². The molecule has 198 valence electrons. The Hall–Kier alpha value is -3.85. The van der Waals surface area contributed by atoms with Gasteiger partial charge >= 0.3 is 0 Å². The van der Waals surface area contributed by atoms with E-state index in [9.17, 15) is 9.59 Å². The summed E-state index contributed by atoms with van der Waals surface area (Å²) in [6.07, 6.45) is 3.63. The Morgan fingerprint density at radius 3 is 2.76 bits per heavy atom. The molecule has 0 aliphatic carbocycles. The molecular formula is C26H28ClN7O4. The third-order valence-electron chi connectivity index (χ3n) is 6.94. The van der Waals surface area contributed by atoms with Gasteiger partial charge < -0.3 is 30.0 Å².